The van der Waals surface area contributed by atoms with Crippen LogP contribution in [0.3, 0.4) is 0 Å². The smallest absolute Gasteiger partial charge is 0.251 e. The van der Waals surface area contributed by atoms with Crippen LogP contribution in [0.5, 0.6) is 0 Å². The van der Waals surface area contributed by atoms with Gasteiger partial charge < -0.3 is 14.7 Å². The molecule has 1 amide bonds. The van der Waals surface area contributed by atoms with Crippen LogP contribution in [0.2, 0.25) is 0 Å². The highest BCUT2D eigenvalue weighted by Gasteiger charge is 2.14. The van der Waals surface area contributed by atoms with Gasteiger partial charge in [0.15, 0.2) is 5.76 Å². The van der Waals surface area contributed by atoms with Gasteiger partial charge in [-0.3, -0.25) is 4.79 Å². The second kappa shape index (κ2) is 8.29. The predicted octanol–water partition coefficient (Wildman–Crippen LogP) is 3.07. The fraction of sp³-hybridized carbons (Fsp3) is 0.167. The molecule has 1 aromatic heterocycles. The molecule has 0 spiro atoms. The fourth-order valence-electron chi connectivity index (χ4n) is 3.44. The van der Waals surface area contributed by atoms with E-state index >= 15 is 0 Å². The van der Waals surface area contributed by atoms with Crippen LogP contribution in [-0.4, -0.2) is 25.2 Å². The van der Waals surface area contributed by atoms with Gasteiger partial charge in [0.05, 0.1) is 19.5 Å². The molecule has 1 heterocycles. The minimum Gasteiger partial charge on any atom is -0.355 e. The standard InChI is InChI=1S/C24H23N3O2/c1-27(2)16-20-11-7-6-10-19(20)15-25-24(28)18-12-13-22-21(14-18)23(29-26-22)17-8-4-3-5-9-17/h3-14H,15-16H2,1-2H3,(H,25,28)/p+1. The van der Waals surface area contributed by atoms with Crippen molar-refractivity contribution >= 4 is 16.8 Å². The van der Waals surface area contributed by atoms with E-state index in [0.29, 0.717) is 17.9 Å². The van der Waals surface area contributed by atoms with E-state index in [4.69, 9.17) is 4.52 Å². The molecule has 4 aromatic rings. The highest BCUT2D eigenvalue weighted by Crippen LogP contribution is 2.29. The molecule has 0 bridgehead atoms. The molecule has 0 aliphatic heterocycles. The zero-order valence-corrected chi connectivity index (χ0v) is 16.6. The molecule has 5 heteroatoms. The quantitative estimate of drug-likeness (QED) is 0.535. The van der Waals surface area contributed by atoms with Gasteiger partial charge in [-0.1, -0.05) is 59.8 Å². The number of carbonyl (C=O) groups is 1. The average Bonchev–Trinajstić information content (AvgIpc) is 3.16. The van der Waals surface area contributed by atoms with Gasteiger partial charge in [0.1, 0.15) is 12.1 Å². The number of aromatic nitrogens is 1. The lowest BCUT2D eigenvalue weighted by Crippen LogP contribution is -3.04. The molecule has 0 aliphatic carbocycles. The Morgan fingerprint density at radius 2 is 1.69 bits per heavy atom. The lowest BCUT2D eigenvalue weighted by molar-refractivity contribution is -0.872. The molecule has 4 rings (SSSR count). The predicted molar refractivity (Wildman–Crippen MR) is 114 cm³/mol. The first-order chi connectivity index (χ1) is 14.1. The van der Waals surface area contributed by atoms with E-state index in [2.05, 4.69) is 36.7 Å². The minimum absolute atomic E-state index is 0.112. The number of hydrogen-bond donors (Lipinski definition) is 2. The number of nitrogens with zero attached hydrogens (tertiary/aromatic N) is 1. The van der Waals surface area contributed by atoms with E-state index < -0.39 is 0 Å². The summed E-state index contributed by atoms with van der Waals surface area (Å²) in [6.07, 6.45) is 0. The Balaban J connectivity index is 1.55. The Hall–Kier alpha value is -3.44. The van der Waals surface area contributed by atoms with Crippen LogP contribution in [0.25, 0.3) is 22.2 Å². The summed E-state index contributed by atoms with van der Waals surface area (Å²) >= 11 is 0. The number of hydrogen-bond acceptors (Lipinski definition) is 3. The van der Waals surface area contributed by atoms with Gasteiger partial charge in [-0.15, -0.1) is 0 Å². The maximum absolute atomic E-state index is 12.8. The molecule has 0 unspecified atom stereocenters. The van der Waals surface area contributed by atoms with Gasteiger partial charge in [-0.05, 0) is 23.8 Å². The number of rotatable bonds is 6. The number of nitrogens with one attached hydrogen (secondary N) is 2. The summed E-state index contributed by atoms with van der Waals surface area (Å²) < 4.78 is 5.53. The van der Waals surface area contributed by atoms with Gasteiger partial charge in [0, 0.05) is 23.2 Å². The van der Waals surface area contributed by atoms with Gasteiger partial charge in [0.25, 0.3) is 5.91 Å². The van der Waals surface area contributed by atoms with Crippen LogP contribution < -0.4 is 10.2 Å². The Labute approximate surface area is 169 Å². The van der Waals surface area contributed by atoms with Crippen LogP contribution in [-0.2, 0) is 13.1 Å². The first kappa shape index (κ1) is 18.9. The first-order valence-electron chi connectivity index (χ1n) is 9.70. The third kappa shape index (κ3) is 4.20. The highest BCUT2D eigenvalue weighted by molar-refractivity contribution is 6.00. The highest BCUT2D eigenvalue weighted by atomic mass is 16.5. The normalized spacial score (nSPS) is 11.1. The van der Waals surface area contributed by atoms with Crippen LogP contribution in [0.4, 0.5) is 0 Å². The van der Waals surface area contributed by atoms with E-state index in [1.807, 2.05) is 54.6 Å². The van der Waals surface area contributed by atoms with Gasteiger partial charge >= 0.3 is 0 Å². The van der Waals surface area contributed by atoms with Crippen molar-refractivity contribution in [2.45, 2.75) is 13.1 Å². The summed E-state index contributed by atoms with van der Waals surface area (Å²) in [5.41, 5.74) is 4.65. The molecule has 146 valence electrons. The van der Waals surface area contributed by atoms with Crippen molar-refractivity contribution in [1.29, 1.82) is 0 Å². The van der Waals surface area contributed by atoms with Crippen molar-refractivity contribution in [3.05, 3.63) is 89.5 Å². The summed E-state index contributed by atoms with van der Waals surface area (Å²) in [4.78, 5) is 14.1. The van der Waals surface area contributed by atoms with E-state index in [1.165, 1.54) is 10.5 Å². The molecule has 0 radical (unpaired) electrons. The van der Waals surface area contributed by atoms with Crippen LogP contribution in [0.15, 0.2) is 77.3 Å². The Bertz CT molecular complexity index is 1130. The topological polar surface area (TPSA) is 59.6 Å². The summed E-state index contributed by atoms with van der Waals surface area (Å²) in [7, 11) is 4.24. The Morgan fingerprint density at radius 1 is 0.966 bits per heavy atom. The summed E-state index contributed by atoms with van der Waals surface area (Å²) in [5.74, 6) is 0.564. The van der Waals surface area contributed by atoms with E-state index in [-0.39, 0.29) is 5.91 Å². The number of quaternary nitrogens is 1. The maximum Gasteiger partial charge on any atom is 0.251 e. The SMILES string of the molecule is C[NH+](C)Cc1ccccc1CNC(=O)c1ccc2noc(-c3ccccc3)c2c1. The number of carbonyl (C=O) groups excluding carboxylic acids is 1. The van der Waals surface area contributed by atoms with Crippen molar-refractivity contribution < 1.29 is 14.2 Å². The summed E-state index contributed by atoms with van der Waals surface area (Å²) in [6.45, 7) is 1.41. The Kier molecular flexibility index (Phi) is 5.40. The van der Waals surface area contributed by atoms with E-state index in [1.54, 1.807) is 6.07 Å². The third-order valence-electron chi connectivity index (χ3n) is 4.88. The Morgan fingerprint density at radius 3 is 2.45 bits per heavy atom. The number of benzene rings is 3. The number of fused-ring (bicyclic) bond motifs is 1. The molecule has 0 saturated carbocycles. The van der Waals surface area contributed by atoms with Crippen molar-refractivity contribution in [3.63, 3.8) is 0 Å². The molecule has 0 fully saturated rings. The van der Waals surface area contributed by atoms with Crippen molar-refractivity contribution in [2.75, 3.05) is 14.1 Å². The zero-order chi connectivity index (χ0) is 20.2. The van der Waals surface area contributed by atoms with E-state index in [0.717, 1.165) is 28.6 Å². The molecular weight excluding hydrogens is 362 g/mol. The lowest BCUT2D eigenvalue weighted by atomic mass is 10.1. The van der Waals surface area contributed by atoms with Crippen LogP contribution in [0, 0.1) is 0 Å². The van der Waals surface area contributed by atoms with Crippen molar-refractivity contribution in [1.82, 2.24) is 10.5 Å². The van der Waals surface area contributed by atoms with Gasteiger partial charge in [-0.25, -0.2) is 0 Å². The first-order valence-corrected chi connectivity index (χ1v) is 9.70. The maximum atomic E-state index is 12.8. The third-order valence-corrected chi connectivity index (χ3v) is 4.88. The molecule has 0 atom stereocenters. The fourth-order valence-corrected chi connectivity index (χ4v) is 3.44. The van der Waals surface area contributed by atoms with Crippen molar-refractivity contribution in [3.8, 4) is 11.3 Å². The second-order valence-electron chi connectivity index (χ2n) is 7.44. The summed E-state index contributed by atoms with van der Waals surface area (Å²) in [5, 5.41) is 8.00. The molecule has 29 heavy (non-hydrogen) atoms. The second-order valence-corrected chi connectivity index (χ2v) is 7.44. The lowest BCUT2D eigenvalue weighted by Gasteiger charge is -2.13. The molecule has 3 aromatic carbocycles. The molecule has 0 saturated heterocycles. The zero-order valence-electron chi connectivity index (χ0n) is 16.6. The van der Waals surface area contributed by atoms with Crippen LogP contribution >= 0.6 is 0 Å². The minimum atomic E-state index is -0.112. The molecular formula is C24H24N3O2+. The average molecular weight is 386 g/mol. The van der Waals surface area contributed by atoms with Crippen molar-refractivity contribution in [2.24, 2.45) is 0 Å². The monoisotopic (exact) mass is 386 g/mol. The van der Waals surface area contributed by atoms with Crippen LogP contribution in [0.1, 0.15) is 21.5 Å². The van der Waals surface area contributed by atoms with E-state index in [9.17, 15) is 4.79 Å². The van der Waals surface area contributed by atoms with Gasteiger partial charge in [-0.2, -0.15) is 0 Å². The molecule has 0 aliphatic rings. The summed E-state index contributed by atoms with van der Waals surface area (Å²) in [6, 6.07) is 23.5. The molecule has 5 nitrogen and oxygen atoms in total. The molecule has 2 N–H and O–H groups in total. The number of amides is 1. The van der Waals surface area contributed by atoms with Gasteiger partial charge in [0.2, 0.25) is 0 Å². The largest absolute Gasteiger partial charge is 0.355 e.